The Labute approximate surface area is 150 Å². The summed E-state index contributed by atoms with van der Waals surface area (Å²) in [6.07, 6.45) is 1.76. The van der Waals surface area contributed by atoms with Gasteiger partial charge in [-0.25, -0.2) is 4.79 Å². The van der Waals surface area contributed by atoms with Gasteiger partial charge in [-0.3, -0.25) is 4.79 Å². The minimum absolute atomic E-state index is 0.159. The van der Waals surface area contributed by atoms with Crippen LogP contribution in [0.4, 0.5) is 4.79 Å². The Kier molecular flexibility index (Phi) is 6.45. The van der Waals surface area contributed by atoms with Crippen molar-refractivity contribution in [2.24, 2.45) is 0 Å². The number of hydrogen-bond donors (Lipinski definition) is 0. The summed E-state index contributed by atoms with van der Waals surface area (Å²) in [5.74, 6) is 0.159. The molecule has 1 fully saturated rings. The molecule has 1 aliphatic heterocycles. The second kappa shape index (κ2) is 8.37. The van der Waals surface area contributed by atoms with Gasteiger partial charge in [0.25, 0.3) is 0 Å². The van der Waals surface area contributed by atoms with E-state index in [0.717, 1.165) is 12.8 Å². The number of aryl methyl sites for hydroxylation is 2. The maximum atomic E-state index is 12.5. The van der Waals surface area contributed by atoms with Gasteiger partial charge < -0.3 is 14.5 Å². The van der Waals surface area contributed by atoms with E-state index in [2.05, 4.69) is 31.2 Å². The molecule has 0 unspecified atom stereocenters. The van der Waals surface area contributed by atoms with Crippen molar-refractivity contribution in [1.29, 1.82) is 0 Å². The molecule has 1 heterocycles. The van der Waals surface area contributed by atoms with Gasteiger partial charge in [0.1, 0.15) is 5.60 Å². The molecule has 138 valence electrons. The Morgan fingerprint density at radius 2 is 1.60 bits per heavy atom. The number of hydrogen-bond acceptors (Lipinski definition) is 3. The summed E-state index contributed by atoms with van der Waals surface area (Å²) in [5.41, 5.74) is 1.92. The Morgan fingerprint density at radius 3 is 2.24 bits per heavy atom. The number of ether oxygens (including phenoxy) is 1. The van der Waals surface area contributed by atoms with E-state index in [9.17, 15) is 9.59 Å². The molecule has 1 aromatic rings. The van der Waals surface area contributed by atoms with Crippen LogP contribution in [-0.4, -0.2) is 53.6 Å². The minimum atomic E-state index is -0.493. The molecule has 5 heteroatoms. The van der Waals surface area contributed by atoms with Crippen molar-refractivity contribution in [3.63, 3.8) is 0 Å². The number of benzene rings is 1. The lowest BCUT2D eigenvalue weighted by molar-refractivity contribution is -0.131. The van der Waals surface area contributed by atoms with Crippen molar-refractivity contribution in [2.45, 2.75) is 52.6 Å². The highest BCUT2D eigenvalue weighted by Crippen LogP contribution is 2.13. The molecule has 0 N–H and O–H groups in total. The molecule has 0 atom stereocenters. The normalized spacial score (nSPS) is 15.7. The van der Waals surface area contributed by atoms with Gasteiger partial charge in [-0.1, -0.05) is 29.8 Å². The first-order valence-corrected chi connectivity index (χ1v) is 9.06. The highest BCUT2D eigenvalue weighted by atomic mass is 16.6. The van der Waals surface area contributed by atoms with E-state index < -0.39 is 5.60 Å². The largest absolute Gasteiger partial charge is 0.444 e. The van der Waals surface area contributed by atoms with E-state index in [1.807, 2.05) is 25.7 Å². The molecule has 0 aliphatic carbocycles. The molecule has 5 nitrogen and oxygen atoms in total. The van der Waals surface area contributed by atoms with Crippen molar-refractivity contribution in [1.82, 2.24) is 9.80 Å². The molecule has 1 saturated heterocycles. The quantitative estimate of drug-likeness (QED) is 0.843. The average molecular weight is 346 g/mol. The first-order valence-electron chi connectivity index (χ1n) is 9.06. The maximum absolute atomic E-state index is 12.5. The summed E-state index contributed by atoms with van der Waals surface area (Å²) in [7, 11) is 0. The van der Waals surface area contributed by atoms with Gasteiger partial charge >= 0.3 is 6.09 Å². The molecule has 25 heavy (non-hydrogen) atoms. The topological polar surface area (TPSA) is 49.9 Å². The molecule has 0 aromatic heterocycles. The lowest BCUT2D eigenvalue weighted by atomic mass is 10.1. The molecule has 0 bridgehead atoms. The third kappa shape index (κ3) is 6.40. The Morgan fingerprint density at radius 1 is 1.00 bits per heavy atom. The van der Waals surface area contributed by atoms with Crippen LogP contribution >= 0.6 is 0 Å². The first kappa shape index (κ1) is 19.3. The second-order valence-corrected chi connectivity index (χ2v) is 7.69. The number of rotatable bonds is 3. The van der Waals surface area contributed by atoms with Crippen molar-refractivity contribution in [2.75, 3.05) is 26.2 Å². The number of nitrogens with zero attached hydrogens (tertiary/aromatic N) is 2. The smallest absolute Gasteiger partial charge is 0.410 e. The SMILES string of the molecule is Cc1ccc(CCC(=O)N2CCCN(C(=O)OC(C)(C)C)CC2)cc1. The summed E-state index contributed by atoms with van der Waals surface area (Å²) in [6, 6.07) is 8.31. The third-order valence-electron chi connectivity index (χ3n) is 4.25. The third-order valence-corrected chi connectivity index (χ3v) is 4.25. The average Bonchev–Trinajstić information content (AvgIpc) is 2.78. The van der Waals surface area contributed by atoms with Crippen molar-refractivity contribution in [3.8, 4) is 0 Å². The fourth-order valence-corrected chi connectivity index (χ4v) is 2.84. The van der Waals surface area contributed by atoms with Crippen molar-refractivity contribution < 1.29 is 14.3 Å². The Bertz CT molecular complexity index is 590. The molecule has 2 amide bonds. The molecular formula is C20H30N2O3. The van der Waals surface area contributed by atoms with Crippen LogP contribution in [-0.2, 0) is 16.0 Å². The van der Waals surface area contributed by atoms with Crippen LogP contribution in [0, 0.1) is 6.92 Å². The number of carbonyl (C=O) groups is 2. The predicted octanol–water partition coefficient (Wildman–Crippen LogP) is 3.40. The number of amides is 2. The lowest BCUT2D eigenvalue weighted by Gasteiger charge is -2.26. The molecule has 1 aliphatic rings. The highest BCUT2D eigenvalue weighted by Gasteiger charge is 2.25. The molecule has 1 aromatic carbocycles. The van der Waals surface area contributed by atoms with E-state index in [1.54, 1.807) is 4.90 Å². The van der Waals surface area contributed by atoms with Gasteiger partial charge in [0, 0.05) is 32.6 Å². The zero-order valence-electron chi connectivity index (χ0n) is 15.9. The van der Waals surface area contributed by atoms with Gasteiger partial charge in [-0.2, -0.15) is 0 Å². The standard InChI is InChI=1S/C20H30N2O3/c1-16-6-8-17(9-7-16)10-11-18(23)21-12-5-13-22(15-14-21)19(24)25-20(2,3)4/h6-9H,5,10-15H2,1-4H3. The van der Waals surface area contributed by atoms with E-state index >= 15 is 0 Å². The zero-order valence-corrected chi connectivity index (χ0v) is 15.9. The second-order valence-electron chi connectivity index (χ2n) is 7.69. The highest BCUT2D eigenvalue weighted by molar-refractivity contribution is 5.76. The summed E-state index contributed by atoms with van der Waals surface area (Å²) in [5, 5.41) is 0. The first-order chi connectivity index (χ1) is 11.7. The molecular weight excluding hydrogens is 316 g/mol. The summed E-state index contributed by atoms with van der Waals surface area (Å²) >= 11 is 0. The van der Waals surface area contributed by atoms with E-state index in [-0.39, 0.29) is 12.0 Å². The zero-order chi connectivity index (χ0) is 18.4. The molecule has 0 saturated carbocycles. The fourth-order valence-electron chi connectivity index (χ4n) is 2.84. The van der Waals surface area contributed by atoms with Gasteiger partial charge in [0.2, 0.25) is 5.91 Å². The van der Waals surface area contributed by atoms with Crippen LogP contribution in [0.3, 0.4) is 0 Å². The van der Waals surface area contributed by atoms with Crippen molar-refractivity contribution >= 4 is 12.0 Å². The monoisotopic (exact) mass is 346 g/mol. The van der Waals surface area contributed by atoms with Crippen LogP contribution in [0.2, 0.25) is 0 Å². The Balaban J connectivity index is 1.82. The van der Waals surface area contributed by atoms with Crippen LogP contribution in [0.1, 0.15) is 44.7 Å². The van der Waals surface area contributed by atoms with Gasteiger partial charge in [0.15, 0.2) is 0 Å². The van der Waals surface area contributed by atoms with Crippen LogP contribution in [0.15, 0.2) is 24.3 Å². The van der Waals surface area contributed by atoms with Crippen LogP contribution in [0.5, 0.6) is 0 Å². The molecule has 0 spiro atoms. The van der Waals surface area contributed by atoms with Gasteiger partial charge in [-0.15, -0.1) is 0 Å². The summed E-state index contributed by atoms with van der Waals surface area (Å²) in [4.78, 5) is 28.2. The van der Waals surface area contributed by atoms with Gasteiger partial charge in [-0.05, 0) is 46.1 Å². The number of carbonyl (C=O) groups excluding carboxylic acids is 2. The van der Waals surface area contributed by atoms with Crippen LogP contribution in [0.25, 0.3) is 0 Å². The summed E-state index contributed by atoms with van der Waals surface area (Å²) in [6.45, 7) is 10.1. The Hall–Kier alpha value is -2.04. The molecule has 2 rings (SSSR count). The minimum Gasteiger partial charge on any atom is -0.444 e. The summed E-state index contributed by atoms with van der Waals surface area (Å²) < 4.78 is 5.43. The maximum Gasteiger partial charge on any atom is 0.410 e. The molecule has 0 radical (unpaired) electrons. The van der Waals surface area contributed by atoms with E-state index in [4.69, 9.17) is 4.74 Å². The van der Waals surface area contributed by atoms with Crippen LogP contribution < -0.4 is 0 Å². The fraction of sp³-hybridized carbons (Fsp3) is 0.600. The van der Waals surface area contributed by atoms with Gasteiger partial charge in [0.05, 0.1) is 0 Å². The lowest BCUT2D eigenvalue weighted by Crippen LogP contribution is -2.40. The van der Waals surface area contributed by atoms with E-state index in [1.165, 1.54) is 11.1 Å². The predicted molar refractivity (Wildman–Crippen MR) is 98.5 cm³/mol. The van der Waals surface area contributed by atoms with Crippen molar-refractivity contribution in [3.05, 3.63) is 35.4 Å². The van der Waals surface area contributed by atoms with E-state index in [0.29, 0.717) is 32.6 Å².